The lowest BCUT2D eigenvalue weighted by molar-refractivity contribution is 0.0697. The molecule has 7 heteroatoms. The van der Waals surface area contributed by atoms with Gasteiger partial charge in [-0.2, -0.15) is 0 Å². The van der Waals surface area contributed by atoms with Gasteiger partial charge in [0, 0.05) is 12.7 Å². The molecule has 4 rings (SSSR count). The molecule has 2 heterocycles. The number of nitrogens with zero attached hydrogens (tertiary/aromatic N) is 2. The summed E-state index contributed by atoms with van der Waals surface area (Å²) in [5.74, 6) is -0.122. The zero-order valence-electron chi connectivity index (χ0n) is 16.0. The van der Waals surface area contributed by atoms with E-state index in [4.69, 9.17) is 26.4 Å². The first-order valence-electron chi connectivity index (χ1n) is 9.34. The third-order valence-electron chi connectivity index (χ3n) is 4.54. The second-order valence-electron chi connectivity index (χ2n) is 6.77. The summed E-state index contributed by atoms with van der Waals surface area (Å²) in [6.07, 6.45) is 1.97. The fraction of sp³-hybridized carbons (Fsp3) is 0.130. The number of aromatic carboxylic acids is 1. The minimum absolute atomic E-state index is 0.268. The first-order chi connectivity index (χ1) is 14.6. The fourth-order valence-electron chi connectivity index (χ4n) is 3.09. The average molecular weight is 439 g/mol. The minimum Gasteiger partial charge on any atom is -0.478 e. The topological polar surface area (TPSA) is 64.3 Å². The minimum atomic E-state index is -0.934. The molecule has 0 aliphatic carbocycles. The third-order valence-corrected chi connectivity index (χ3v) is 5.76. The molecule has 0 saturated heterocycles. The van der Waals surface area contributed by atoms with E-state index in [0.717, 1.165) is 27.5 Å². The summed E-state index contributed by atoms with van der Waals surface area (Å²) in [4.78, 5) is 16.8. The van der Waals surface area contributed by atoms with Crippen LogP contribution in [0.5, 0.6) is 0 Å². The second kappa shape index (κ2) is 9.26. The Labute approximate surface area is 183 Å². The number of ether oxygens (including phenoxy) is 1. The van der Waals surface area contributed by atoms with Crippen LogP contribution in [0.25, 0.3) is 10.7 Å². The Kier molecular flexibility index (Phi) is 6.28. The van der Waals surface area contributed by atoms with Gasteiger partial charge in [0.1, 0.15) is 0 Å². The number of hydrogen-bond acceptors (Lipinski definition) is 4. The maximum absolute atomic E-state index is 11.1. The lowest BCUT2D eigenvalue weighted by atomic mass is 10.1. The van der Waals surface area contributed by atoms with Gasteiger partial charge in [0.25, 0.3) is 0 Å². The summed E-state index contributed by atoms with van der Waals surface area (Å²) in [5.41, 5.74) is 3.19. The number of hydrogen-bond donors (Lipinski definition) is 1. The van der Waals surface area contributed by atoms with Crippen molar-refractivity contribution in [1.29, 1.82) is 0 Å². The Bertz CT molecular complexity index is 1140. The highest BCUT2D eigenvalue weighted by Crippen LogP contribution is 2.31. The Balaban J connectivity index is 1.54. The van der Waals surface area contributed by atoms with E-state index in [9.17, 15) is 4.79 Å². The van der Waals surface area contributed by atoms with Gasteiger partial charge in [-0.1, -0.05) is 54.1 Å². The lowest BCUT2D eigenvalue weighted by Gasteiger charge is -2.07. The number of carbonyl (C=O) groups is 1. The van der Waals surface area contributed by atoms with Crippen molar-refractivity contribution in [3.8, 4) is 10.7 Å². The molecule has 5 nitrogen and oxygen atoms in total. The van der Waals surface area contributed by atoms with E-state index in [2.05, 4.69) is 0 Å². The highest BCUT2D eigenvalue weighted by molar-refractivity contribution is 7.19. The first kappa shape index (κ1) is 20.3. The van der Waals surface area contributed by atoms with Gasteiger partial charge >= 0.3 is 5.97 Å². The van der Waals surface area contributed by atoms with Crippen LogP contribution in [0.2, 0.25) is 4.34 Å². The Morgan fingerprint density at radius 1 is 1.00 bits per heavy atom. The molecule has 0 fully saturated rings. The van der Waals surface area contributed by atoms with Gasteiger partial charge < -0.3 is 14.4 Å². The molecule has 0 bridgehead atoms. The third kappa shape index (κ3) is 4.97. The van der Waals surface area contributed by atoms with Crippen molar-refractivity contribution in [2.24, 2.45) is 0 Å². The maximum Gasteiger partial charge on any atom is 0.335 e. The van der Waals surface area contributed by atoms with E-state index in [1.54, 1.807) is 12.1 Å². The van der Waals surface area contributed by atoms with E-state index < -0.39 is 5.97 Å². The largest absolute Gasteiger partial charge is 0.478 e. The molecule has 0 aliphatic rings. The smallest absolute Gasteiger partial charge is 0.335 e. The SMILES string of the molecule is O=C(O)c1ccc(Cn2cc(COCc3ccccc3)nc2-c2ccc(Cl)s2)cc1. The molecule has 1 N–H and O–H groups in total. The van der Waals surface area contributed by atoms with E-state index >= 15 is 0 Å². The normalized spacial score (nSPS) is 11.0. The quantitative estimate of drug-likeness (QED) is 0.381. The van der Waals surface area contributed by atoms with E-state index in [1.165, 1.54) is 11.3 Å². The number of halogens is 1. The predicted molar refractivity (Wildman–Crippen MR) is 118 cm³/mol. The molecule has 4 aromatic rings. The van der Waals surface area contributed by atoms with Crippen LogP contribution in [-0.2, 0) is 24.5 Å². The van der Waals surface area contributed by atoms with Gasteiger partial charge in [0.15, 0.2) is 5.82 Å². The molecule has 0 atom stereocenters. The molecule has 2 aromatic carbocycles. The summed E-state index contributed by atoms with van der Waals surface area (Å²) in [6.45, 7) is 1.48. The lowest BCUT2D eigenvalue weighted by Crippen LogP contribution is -2.02. The molecule has 0 amide bonds. The average Bonchev–Trinajstić information content (AvgIpc) is 3.35. The zero-order chi connectivity index (χ0) is 20.9. The first-order valence-corrected chi connectivity index (χ1v) is 10.5. The number of benzene rings is 2. The molecule has 0 aliphatic heterocycles. The van der Waals surface area contributed by atoms with Crippen LogP contribution in [0.3, 0.4) is 0 Å². The van der Waals surface area contributed by atoms with Crippen LogP contribution in [0.15, 0.2) is 72.9 Å². The van der Waals surface area contributed by atoms with Crippen LogP contribution in [0.4, 0.5) is 0 Å². The highest BCUT2D eigenvalue weighted by atomic mass is 35.5. The molecule has 2 aromatic heterocycles. The zero-order valence-corrected chi connectivity index (χ0v) is 17.6. The van der Waals surface area contributed by atoms with Crippen molar-refractivity contribution >= 4 is 28.9 Å². The van der Waals surface area contributed by atoms with Gasteiger partial charge in [0.05, 0.1) is 33.7 Å². The molecule has 30 heavy (non-hydrogen) atoms. The van der Waals surface area contributed by atoms with Gasteiger partial charge in [0.2, 0.25) is 0 Å². The number of carboxylic acid groups (broad SMARTS) is 1. The molecular formula is C23H19ClN2O3S. The summed E-state index contributed by atoms with van der Waals surface area (Å²) in [7, 11) is 0. The second-order valence-corrected chi connectivity index (χ2v) is 8.48. The van der Waals surface area contributed by atoms with Gasteiger partial charge in [-0.05, 0) is 35.4 Å². The summed E-state index contributed by atoms with van der Waals surface area (Å²) < 4.78 is 8.59. The number of aromatic nitrogens is 2. The summed E-state index contributed by atoms with van der Waals surface area (Å²) in [6, 6.07) is 20.7. The number of rotatable bonds is 8. The predicted octanol–water partition coefficient (Wildman–Crippen LogP) is 5.73. The molecule has 0 saturated carbocycles. The summed E-state index contributed by atoms with van der Waals surface area (Å²) in [5, 5.41) is 9.09. The number of carboxylic acids is 1. The van der Waals surface area contributed by atoms with Crippen molar-refractivity contribution in [2.45, 2.75) is 19.8 Å². The maximum atomic E-state index is 11.1. The van der Waals surface area contributed by atoms with E-state index in [1.807, 2.05) is 65.4 Å². The van der Waals surface area contributed by atoms with Crippen LogP contribution in [-0.4, -0.2) is 20.6 Å². The monoisotopic (exact) mass is 438 g/mol. The Morgan fingerprint density at radius 3 is 2.43 bits per heavy atom. The van der Waals surface area contributed by atoms with Crippen LogP contribution in [0, 0.1) is 0 Å². The summed E-state index contributed by atoms with van der Waals surface area (Å²) >= 11 is 7.60. The van der Waals surface area contributed by atoms with Gasteiger partial charge in [-0.3, -0.25) is 0 Å². The van der Waals surface area contributed by atoms with E-state index in [0.29, 0.717) is 24.1 Å². The Hall–Kier alpha value is -2.93. The fourth-order valence-corrected chi connectivity index (χ4v) is 4.14. The van der Waals surface area contributed by atoms with Gasteiger partial charge in [-0.25, -0.2) is 9.78 Å². The van der Waals surface area contributed by atoms with Crippen molar-refractivity contribution in [2.75, 3.05) is 0 Å². The molecule has 0 spiro atoms. The molecule has 0 radical (unpaired) electrons. The molecule has 0 unspecified atom stereocenters. The standard InChI is InChI=1S/C23H19ClN2O3S/c24-21-11-10-20(30-21)22-25-19(15-29-14-17-4-2-1-3-5-17)13-26(22)12-16-6-8-18(9-7-16)23(27)28/h1-11,13H,12,14-15H2,(H,27,28). The van der Waals surface area contributed by atoms with Crippen molar-refractivity contribution in [1.82, 2.24) is 9.55 Å². The number of imidazole rings is 1. The van der Waals surface area contributed by atoms with Crippen LogP contribution < -0.4 is 0 Å². The van der Waals surface area contributed by atoms with Gasteiger partial charge in [-0.15, -0.1) is 11.3 Å². The Morgan fingerprint density at radius 2 is 1.77 bits per heavy atom. The van der Waals surface area contributed by atoms with E-state index in [-0.39, 0.29) is 5.56 Å². The number of thiophene rings is 1. The molecular weight excluding hydrogens is 420 g/mol. The van der Waals surface area contributed by atoms with Crippen LogP contribution in [0.1, 0.15) is 27.2 Å². The van der Waals surface area contributed by atoms with Crippen molar-refractivity contribution < 1.29 is 14.6 Å². The highest BCUT2D eigenvalue weighted by Gasteiger charge is 2.13. The molecule has 152 valence electrons. The van der Waals surface area contributed by atoms with Crippen molar-refractivity contribution in [3.63, 3.8) is 0 Å². The van der Waals surface area contributed by atoms with Crippen molar-refractivity contribution in [3.05, 3.63) is 99.6 Å². The van der Waals surface area contributed by atoms with Crippen LogP contribution >= 0.6 is 22.9 Å².